The van der Waals surface area contributed by atoms with Gasteiger partial charge in [0.05, 0.1) is 11.7 Å². The van der Waals surface area contributed by atoms with E-state index in [1.807, 2.05) is 12.1 Å². The maximum Gasteiger partial charge on any atom is 0.254 e. The quantitative estimate of drug-likeness (QED) is 0.861. The number of fused-ring (bicyclic) bond motifs is 1. The Kier molecular flexibility index (Phi) is 2.20. The summed E-state index contributed by atoms with van der Waals surface area (Å²) in [4.78, 5) is 16.4. The maximum atomic E-state index is 12.3. The summed E-state index contributed by atoms with van der Waals surface area (Å²) >= 11 is 0. The molecule has 1 saturated heterocycles. The topological polar surface area (TPSA) is 67.2 Å². The fourth-order valence-corrected chi connectivity index (χ4v) is 2.89. The van der Waals surface area contributed by atoms with Crippen LogP contribution >= 0.6 is 0 Å². The molecular formula is C14H15N3O2. The van der Waals surface area contributed by atoms with E-state index >= 15 is 0 Å². The third-order valence-corrected chi connectivity index (χ3v) is 4.16. The summed E-state index contributed by atoms with van der Waals surface area (Å²) in [5.41, 5.74) is 2.17. The molecule has 4 rings (SSSR count). The van der Waals surface area contributed by atoms with Gasteiger partial charge in [-0.2, -0.15) is 0 Å². The van der Waals surface area contributed by atoms with Gasteiger partial charge in [-0.1, -0.05) is 6.07 Å². The van der Waals surface area contributed by atoms with Gasteiger partial charge in [-0.15, -0.1) is 0 Å². The predicted molar refractivity (Wildman–Crippen MR) is 69.6 cm³/mol. The minimum Gasteiger partial charge on any atom is -0.443 e. The highest BCUT2D eigenvalue weighted by molar-refractivity contribution is 6.04. The van der Waals surface area contributed by atoms with Gasteiger partial charge in [0.25, 0.3) is 5.91 Å². The Balaban J connectivity index is 1.55. The molecule has 1 aromatic heterocycles. The van der Waals surface area contributed by atoms with Crippen molar-refractivity contribution in [3.05, 3.63) is 30.2 Å². The smallest absolute Gasteiger partial charge is 0.254 e. The number of carbonyl (C=O) groups is 1. The van der Waals surface area contributed by atoms with Crippen LogP contribution in [0.5, 0.6) is 0 Å². The van der Waals surface area contributed by atoms with Crippen molar-refractivity contribution in [3.8, 4) is 0 Å². The molecule has 5 heteroatoms. The molecule has 1 spiro atoms. The summed E-state index contributed by atoms with van der Waals surface area (Å²) < 4.78 is 5.22. The molecule has 1 saturated carbocycles. The summed E-state index contributed by atoms with van der Waals surface area (Å²) in [5.74, 6) is -0.0882. The first-order chi connectivity index (χ1) is 9.26. The Labute approximate surface area is 110 Å². The zero-order valence-electron chi connectivity index (χ0n) is 10.5. The number of benzene rings is 1. The largest absolute Gasteiger partial charge is 0.443 e. The molecule has 1 aromatic carbocycles. The van der Waals surface area contributed by atoms with Gasteiger partial charge in [0.15, 0.2) is 12.0 Å². The lowest BCUT2D eigenvalue weighted by atomic mass is 10.1. The van der Waals surface area contributed by atoms with E-state index in [2.05, 4.69) is 15.6 Å². The fourth-order valence-electron chi connectivity index (χ4n) is 2.89. The molecule has 1 atom stereocenters. The Bertz CT molecular complexity index is 645. The molecule has 0 bridgehead atoms. The second kappa shape index (κ2) is 3.81. The molecule has 1 amide bonds. The zero-order chi connectivity index (χ0) is 12.9. The van der Waals surface area contributed by atoms with Crippen molar-refractivity contribution in [2.45, 2.75) is 37.4 Å². The van der Waals surface area contributed by atoms with Gasteiger partial charge in [0, 0.05) is 5.54 Å². The number of nitrogens with zero attached hydrogens (tertiary/aromatic N) is 1. The first-order valence-electron chi connectivity index (χ1n) is 6.67. The Morgan fingerprint density at radius 2 is 2.32 bits per heavy atom. The number of amides is 1. The molecule has 98 valence electrons. The highest BCUT2D eigenvalue weighted by Gasteiger charge is 2.48. The van der Waals surface area contributed by atoms with Crippen molar-refractivity contribution in [1.82, 2.24) is 15.6 Å². The van der Waals surface area contributed by atoms with Crippen molar-refractivity contribution in [2.24, 2.45) is 0 Å². The maximum absolute atomic E-state index is 12.3. The number of hydrogen-bond donors (Lipinski definition) is 2. The third-order valence-electron chi connectivity index (χ3n) is 4.16. The van der Waals surface area contributed by atoms with Gasteiger partial charge in [-0.25, -0.2) is 4.98 Å². The monoisotopic (exact) mass is 257 g/mol. The molecule has 19 heavy (non-hydrogen) atoms. The van der Waals surface area contributed by atoms with E-state index in [-0.39, 0.29) is 12.1 Å². The molecule has 2 heterocycles. The number of carbonyl (C=O) groups excluding carboxylic acids is 1. The van der Waals surface area contributed by atoms with Gasteiger partial charge in [0.1, 0.15) is 5.52 Å². The summed E-state index contributed by atoms with van der Waals surface area (Å²) in [6, 6.07) is 5.40. The van der Waals surface area contributed by atoms with Crippen LogP contribution in [0.15, 0.2) is 29.0 Å². The van der Waals surface area contributed by atoms with Crippen LogP contribution in [0.2, 0.25) is 0 Å². The van der Waals surface area contributed by atoms with Crippen LogP contribution in [0.3, 0.4) is 0 Å². The summed E-state index contributed by atoms with van der Waals surface area (Å²) in [6.45, 7) is 0. The van der Waals surface area contributed by atoms with E-state index in [1.165, 1.54) is 19.2 Å². The van der Waals surface area contributed by atoms with Gasteiger partial charge < -0.3 is 9.73 Å². The lowest BCUT2D eigenvalue weighted by Gasteiger charge is -2.15. The number of hydrogen-bond acceptors (Lipinski definition) is 4. The van der Waals surface area contributed by atoms with E-state index in [0.717, 1.165) is 12.8 Å². The average molecular weight is 257 g/mol. The van der Waals surface area contributed by atoms with E-state index < -0.39 is 0 Å². The summed E-state index contributed by atoms with van der Waals surface area (Å²) in [6.07, 6.45) is 6.08. The van der Waals surface area contributed by atoms with Crippen LogP contribution in [0.25, 0.3) is 11.1 Å². The first kappa shape index (κ1) is 11.0. The van der Waals surface area contributed by atoms with E-state index in [9.17, 15) is 4.79 Å². The van der Waals surface area contributed by atoms with Crippen molar-refractivity contribution < 1.29 is 9.21 Å². The first-order valence-corrected chi connectivity index (χ1v) is 6.67. The molecule has 2 aliphatic rings. The van der Waals surface area contributed by atoms with Gasteiger partial charge in [-0.3, -0.25) is 10.1 Å². The van der Waals surface area contributed by atoms with Crippen molar-refractivity contribution >= 4 is 17.0 Å². The highest BCUT2D eigenvalue weighted by atomic mass is 16.3. The molecule has 1 aliphatic carbocycles. The van der Waals surface area contributed by atoms with Crippen LogP contribution in [0.1, 0.15) is 36.0 Å². The van der Waals surface area contributed by atoms with Crippen molar-refractivity contribution in [3.63, 3.8) is 0 Å². The number of oxazole rings is 1. The second-order valence-electron chi connectivity index (χ2n) is 5.49. The summed E-state index contributed by atoms with van der Waals surface area (Å²) in [5, 5.41) is 6.55. The van der Waals surface area contributed by atoms with Gasteiger partial charge in [-0.05, 0) is 37.8 Å². The van der Waals surface area contributed by atoms with E-state index in [0.29, 0.717) is 22.2 Å². The number of nitrogens with one attached hydrogen (secondary N) is 2. The number of rotatable bonds is 2. The molecule has 2 fully saturated rings. The minimum absolute atomic E-state index is 0.0807. The molecule has 2 aromatic rings. The fraction of sp³-hybridized carbons (Fsp3) is 0.429. The molecule has 0 radical (unpaired) electrons. The van der Waals surface area contributed by atoms with Gasteiger partial charge >= 0.3 is 0 Å². The van der Waals surface area contributed by atoms with Crippen LogP contribution in [-0.4, -0.2) is 22.6 Å². The zero-order valence-corrected chi connectivity index (χ0v) is 10.5. The molecular weight excluding hydrogens is 242 g/mol. The van der Waals surface area contributed by atoms with Crippen LogP contribution < -0.4 is 10.6 Å². The Morgan fingerprint density at radius 3 is 3.11 bits per heavy atom. The minimum atomic E-state index is -0.0882. The Morgan fingerprint density at radius 1 is 1.42 bits per heavy atom. The molecule has 5 nitrogen and oxygen atoms in total. The van der Waals surface area contributed by atoms with E-state index in [1.54, 1.807) is 6.07 Å². The van der Waals surface area contributed by atoms with Crippen LogP contribution in [0.4, 0.5) is 0 Å². The van der Waals surface area contributed by atoms with Gasteiger partial charge in [0.2, 0.25) is 0 Å². The molecule has 1 unspecified atom stereocenters. The van der Waals surface area contributed by atoms with E-state index in [4.69, 9.17) is 4.42 Å². The molecule has 2 N–H and O–H groups in total. The number of para-hydroxylation sites is 1. The number of aromatic nitrogens is 1. The SMILES string of the molecule is O=C(NC1CCC2(CC2)N1)c1cccc2ocnc12. The third kappa shape index (κ3) is 1.81. The van der Waals surface area contributed by atoms with Crippen LogP contribution in [0, 0.1) is 0 Å². The average Bonchev–Trinajstić information content (AvgIpc) is 2.85. The highest BCUT2D eigenvalue weighted by Crippen LogP contribution is 2.44. The normalized spacial score (nSPS) is 23.9. The molecule has 1 aliphatic heterocycles. The lowest BCUT2D eigenvalue weighted by Crippen LogP contribution is -2.44. The standard InChI is InChI=1S/C14H15N3O2/c18-13(16-11-4-5-14(17-11)6-7-14)9-2-1-3-10-12(9)15-8-19-10/h1-3,8,11,17H,4-7H2,(H,16,18). The second-order valence-corrected chi connectivity index (χ2v) is 5.49. The lowest BCUT2D eigenvalue weighted by molar-refractivity contribution is 0.0934. The summed E-state index contributed by atoms with van der Waals surface area (Å²) in [7, 11) is 0. The predicted octanol–water partition coefficient (Wildman–Crippen LogP) is 1.80. The van der Waals surface area contributed by atoms with Crippen molar-refractivity contribution in [2.75, 3.05) is 0 Å². The van der Waals surface area contributed by atoms with Crippen LogP contribution in [-0.2, 0) is 0 Å². The Hall–Kier alpha value is -1.88. The van der Waals surface area contributed by atoms with Crippen molar-refractivity contribution in [1.29, 1.82) is 0 Å².